The molecule has 0 rings (SSSR count). The maximum atomic E-state index is 12.8. The number of hydrogen-bond donors (Lipinski definition) is 0. The molecule has 0 aromatic carbocycles. The van der Waals surface area contributed by atoms with Crippen LogP contribution in [-0.4, -0.2) is 37.2 Å². The van der Waals surface area contributed by atoms with Gasteiger partial charge >= 0.3 is 17.9 Å². The maximum Gasteiger partial charge on any atom is 0.306 e. The van der Waals surface area contributed by atoms with Crippen LogP contribution >= 0.6 is 0 Å². The zero-order valence-electron chi connectivity index (χ0n) is 43.3. The van der Waals surface area contributed by atoms with Gasteiger partial charge in [-0.3, -0.25) is 14.4 Å². The first-order chi connectivity index (χ1) is 31.5. The van der Waals surface area contributed by atoms with Crippen molar-refractivity contribution in [1.29, 1.82) is 0 Å². The van der Waals surface area contributed by atoms with Crippen LogP contribution in [0.25, 0.3) is 0 Å². The van der Waals surface area contributed by atoms with Crippen LogP contribution < -0.4 is 0 Å². The quantitative estimate of drug-likeness (QED) is 0.0262. The molecule has 378 valence electrons. The van der Waals surface area contributed by atoms with Crippen LogP contribution in [0.4, 0.5) is 0 Å². The standard InChI is InChI=1S/C58H110O6/c1-4-7-10-13-16-19-22-25-27-28-29-31-33-36-39-42-45-48-51-57(60)63-54-55(53-62-56(59)50-47-44-41-38-35-32-24-21-18-15-12-9-6-3)64-58(61)52-49-46-43-40-37-34-30-26-23-20-17-14-11-8-5-2/h21,24,55H,4-20,22-23,25-54H2,1-3H3/b24-21+/t55-/m1/s1. The van der Waals surface area contributed by atoms with Crippen LogP contribution in [0.5, 0.6) is 0 Å². The summed E-state index contributed by atoms with van der Waals surface area (Å²) in [6, 6.07) is 0. The van der Waals surface area contributed by atoms with E-state index in [1.54, 1.807) is 0 Å². The fourth-order valence-corrected chi connectivity index (χ4v) is 8.68. The Bertz CT molecular complexity index is 993. The highest BCUT2D eigenvalue weighted by Crippen LogP contribution is 2.17. The number of hydrogen-bond acceptors (Lipinski definition) is 6. The van der Waals surface area contributed by atoms with E-state index < -0.39 is 6.10 Å². The summed E-state index contributed by atoms with van der Waals surface area (Å²) >= 11 is 0. The van der Waals surface area contributed by atoms with Crippen LogP contribution in [-0.2, 0) is 28.6 Å². The predicted molar refractivity (Wildman–Crippen MR) is 275 cm³/mol. The Morgan fingerprint density at radius 3 is 0.797 bits per heavy atom. The SMILES string of the molecule is CCCCCC/C=C/CCCCCCCC(=O)OC[C@H](COC(=O)CCCCCCCCCCCCCCCCCCCC)OC(=O)CCCCCCCCCCCCCCCCC. The van der Waals surface area contributed by atoms with Crippen LogP contribution in [0, 0.1) is 0 Å². The number of unbranched alkanes of at least 4 members (excludes halogenated alkanes) is 40. The van der Waals surface area contributed by atoms with Gasteiger partial charge in [0.15, 0.2) is 6.10 Å². The molecular weight excluding hydrogens is 793 g/mol. The van der Waals surface area contributed by atoms with Gasteiger partial charge in [0, 0.05) is 19.3 Å². The van der Waals surface area contributed by atoms with Crippen LogP contribution in [0.3, 0.4) is 0 Å². The maximum absolute atomic E-state index is 12.8. The second kappa shape index (κ2) is 53.8. The van der Waals surface area contributed by atoms with Gasteiger partial charge in [0.1, 0.15) is 13.2 Å². The Hall–Kier alpha value is -1.85. The molecule has 0 N–H and O–H groups in total. The minimum atomic E-state index is -0.767. The molecule has 0 bridgehead atoms. The molecule has 0 unspecified atom stereocenters. The van der Waals surface area contributed by atoms with Crippen molar-refractivity contribution in [2.24, 2.45) is 0 Å². The average molecular weight is 904 g/mol. The van der Waals surface area contributed by atoms with Gasteiger partial charge in [0.25, 0.3) is 0 Å². The van der Waals surface area contributed by atoms with E-state index in [0.717, 1.165) is 64.2 Å². The molecule has 6 heteroatoms. The summed E-state index contributed by atoms with van der Waals surface area (Å²) in [7, 11) is 0. The van der Waals surface area contributed by atoms with Crippen molar-refractivity contribution in [2.75, 3.05) is 13.2 Å². The molecule has 0 aliphatic rings. The zero-order chi connectivity index (χ0) is 46.5. The number of ether oxygens (including phenoxy) is 3. The topological polar surface area (TPSA) is 78.9 Å². The second-order valence-corrected chi connectivity index (χ2v) is 19.6. The molecule has 6 nitrogen and oxygen atoms in total. The van der Waals surface area contributed by atoms with Crippen molar-refractivity contribution in [3.8, 4) is 0 Å². The smallest absolute Gasteiger partial charge is 0.306 e. The van der Waals surface area contributed by atoms with Gasteiger partial charge in [-0.25, -0.2) is 0 Å². The molecule has 0 aromatic rings. The lowest BCUT2D eigenvalue weighted by Gasteiger charge is -2.18. The lowest BCUT2D eigenvalue weighted by Crippen LogP contribution is -2.30. The van der Waals surface area contributed by atoms with Crippen molar-refractivity contribution in [2.45, 2.75) is 329 Å². The number of esters is 3. The van der Waals surface area contributed by atoms with Gasteiger partial charge in [-0.1, -0.05) is 270 Å². The molecule has 0 aliphatic carbocycles. The molecule has 0 aromatic heterocycles. The van der Waals surface area contributed by atoms with Crippen molar-refractivity contribution < 1.29 is 28.6 Å². The Kier molecular flexibility index (Phi) is 52.2. The highest BCUT2D eigenvalue weighted by molar-refractivity contribution is 5.71. The average Bonchev–Trinajstić information content (AvgIpc) is 3.29. The zero-order valence-corrected chi connectivity index (χ0v) is 43.3. The summed E-state index contributed by atoms with van der Waals surface area (Å²) in [6.07, 6.45) is 60.6. The Labute approximate surface area is 399 Å². The van der Waals surface area contributed by atoms with Crippen molar-refractivity contribution >= 4 is 17.9 Å². The first-order valence-electron chi connectivity index (χ1n) is 28.7. The van der Waals surface area contributed by atoms with Gasteiger partial charge in [-0.05, 0) is 44.9 Å². The van der Waals surface area contributed by atoms with E-state index in [-0.39, 0.29) is 31.1 Å². The van der Waals surface area contributed by atoms with Gasteiger partial charge in [-0.2, -0.15) is 0 Å². The number of carbonyl (C=O) groups is 3. The molecule has 0 amide bonds. The third-order valence-corrected chi connectivity index (χ3v) is 13.0. The molecule has 0 saturated carbocycles. The van der Waals surface area contributed by atoms with E-state index >= 15 is 0 Å². The fraction of sp³-hybridized carbons (Fsp3) is 0.914. The summed E-state index contributed by atoms with van der Waals surface area (Å²) < 4.78 is 16.9. The van der Waals surface area contributed by atoms with Crippen LogP contribution in [0.2, 0.25) is 0 Å². The molecule has 0 radical (unpaired) electrons. The Morgan fingerprint density at radius 1 is 0.297 bits per heavy atom. The van der Waals surface area contributed by atoms with Crippen LogP contribution in [0.1, 0.15) is 323 Å². The number of carbonyl (C=O) groups excluding carboxylic acids is 3. The third-order valence-electron chi connectivity index (χ3n) is 13.0. The van der Waals surface area contributed by atoms with Crippen molar-refractivity contribution in [1.82, 2.24) is 0 Å². The first-order valence-corrected chi connectivity index (χ1v) is 28.7. The van der Waals surface area contributed by atoms with E-state index in [1.165, 1.54) is 218 Å². The van der Waals surface area contributed by atoms with E-state index in [4.69, 9.17) is 14.2 Å². The normalized spacial score (nSPS) is 12.0. The van der Waals surface area contributed by atoms with Gasteiger partial charge < -0.3 is 14.2 Å². The Balaban J connectivity index is 4.30. The largest absolute Gasteiger partial charge is 0.462 e. The van der Waals surface area contributed by atoms with E-state index in [2.05, 4.69) is 32.9 Å². The molecule has 0 spiro atoms. The summed E-state index contributed by atoms with van der Waals surface area (Å²) in [5.41, 5.74) is 0. The van der Waals surface area contributed by atoms with Crippen LogP contribution in [0.15, 0.2) is 12.2 Å². The van der Waals surface area contributed by atoms with Crippen molar-refractivity contribution in [3.05, 3.63) is 12.2 Å². The van der Waals surface area contributed by atoms with Gasteiger partial charge in [0.05, 0.1) is 0 Å². The lowest BCUT2D eigenvalue weighted by molar-refractivity contribution is -0.167. The predicted octanol–water partition coefficient (Wildman–Crippen LogP) is 18.9. The Morgan fingerprint density at radius 2 is 0.516 bits per heavy atom. The highest BCUT2D eigenvalue weighted by Gasteiger charge is 2.19. The molecule has 0 saturated heterocycles. The van der Waals surface area contributed by atoms with E-state index in [9.17, 15) is 14.4 Å². The van der Waals surface area contributed by atoms with Gasteiger partial charge in [-0.15, -0.1) is 0 Å². The molecule has 0 fully saturated rings. The first kappa shape index (κ1) is 62.1. The molecule has 0 heterocycles. The minimum absolute atomic E-state index is 0.0665. The molecule has 1 atom stereocenters. The van der Waals surface area contributed by atoms with E-state index in [1.807, 2.05) is 0 Å². The summed E-state index contributed by atoms with van der Waals surface area (Å²) in [5.74, 6) is -0.852. The fourth-order valence-electron chi connectivity index (χ4n) is 8.68. The number of allylic oxidation sites excluding steroid dienone is 2. The molecular formula is C58H110O6. The molecule has 64 heavy (non-hydrogen) atoms. The van der Waals surface area contributed by atoms with Gasteiger partial charge in [0.2, 0.25) is 0 Å². The third kappa shape index (κ3) is 51.1. The monoisotopic (exact) mass is 903 g/mol. The lowest BCUT2D eigenvalue weighted by atomic mass is 10.0. The van der Waals surface area contributed by atoms with E-state index in [0.29, 0.717) is 19.3 Å². The summed E-state index contributed by atoms with van der Waals surface area (Å²) in [4.78, 5) is 38.1. The number of rotatable bonds is 53. The molecule has 0 aliphatic heterocycles. The highest BCUT2D eigenvalue weighted by atomic mass is 16.6. The minimum Gasteiger partial charge on any atom is -0.462 e. The van der Waals surface area contributed by atoms with Crippen molar-refractivity contribution in [3.63, 3.8) is 0 Å². The summed E-state index contributed by atoms with van der Waals surface area (Å²) in [6.45, 7) is 6.67. The summed E-state index contributed by atoms with van der Waals surface area (Å²) in [5, 5.41) is 0. The second-order valence-electron chi connectivity index (χ2n) is 19.6.